The molecule has 1 aromatic carbocycles. The number of hydrazine groups is 1. The number of nitrogens with one attached hydrogen (secondary N) is 2. The Hall–Kier alpha value is -1.75. The second-order valence-corrected chi connectivity index (χ2v) is 2.82. The molecule has 0 aliphatic rings. The Morgan fingerprint density at radius 3 is 2.47 bits per heavy atom. The number of hydrogen-bond acceptors (Lipinski definition) is 4. The lowest BCUT2D eigenvalue weighted by molar-refractivity contribution is 0.165. The molecule has 15 heavy (non-hydrogen) atoms. The van der Waals surface area contributed by atoms with Crippen molar-refractivity contribution in [2.24, 2.45) is 0 Å². The van der Waals surface area contributed by atoms with Gasteiger partial charge in [0.25, 0.3) is 0 Å². The van der Waals surface area contributed by atoms with Crippen LogP contribution in [0.4, 0.5) is 4.79 Å². The van der Waals surface area contributed by atoms with Gasteiger partial charge in [0, 0.05) is 6.54 Å². The predicted molar refractivity (Wildman–Crippen MR) is 55.4 cm³/mol. The molecule has 0 saturated heterocycles. The van der Waals surface area contributed by atoms with Gasteiger partial charge >= 0.3 is 6.09 Å². The van der Waals surface area contributed by atoms with Crippen LogP contribution in [0.25, 0.3) is 0 Å². The molecule has 0 unspecified atom stereocenters. The molecule has 0 fully saturated rings. The maximum absolute atomic E-state index is 10.7. The van der Waals surface area contributed by atoms with Gasteiger partial charge in [0.2, 0.25) is 0 Å². The molecule has 0 atom stereocenters. The Labute approximate surface area is 88.3 Å². The zero-order valence-corrected chi connectivity index (χ0v) is 8.74. The SMILES string of the molecule is COC(=O)NNCc1ccc(OC)cc1. The summed E-state index contributed by atoms with van der Waals surface area (Å²) < 4.78 is 9.41. The summed E-state index contributed by atoms with van der Waals surface area (Å²) in [5.41, 5.74) is 6.13. The Kier molecular flexibility index (Phi) is 4.43. The molecule has 1 aromatic rings. The summed E-state index contributed by atoms with van der Waals surface area (Å²) in [7, 11) is 2.93. The molecular formula is C10H14N2O3. The summed E-state index contributed by atoms with van der Waals surface area (Å²) in [5.74, 6) is 0.805. The van der Waals surface area contributed by atoms with Crippen LogP contribution in [0.2, 0.25) is 0 Å². The van der Waals surface area contributed by atoms with Gasteiger partial charge in [-0.1, -0.05) is 12.1 Å². The predicted octanol–water partition coefficient (Wildman–Crippen LogP) is 1.06. The maximum Gasteiger partial charge on any atom is 0.421 e. The average molecular weight is 210 g/mol. The van der Waals surface area contributed by atoms with Gasteiger partial charge in [-0.25, -0.2) is 10.2 Å². The van der Waals surface area contributed by atoms with Crippen molar-refractivity contribution in [3.05, 3.63) is 29.8 Å². The van der Waals surface area contributed by atoms with Crippen molar-refractivity contribution in [3.63, 3.8) is 0 Å². The highest BCUT2D eigenvalue weighted by Gasteiger charge is 1.97. The monoisotopic (exact) mass is 210 g/mol. The van der Waals surface area contributed by atoms with Crippen LogP contribution in [0.3, 0.4) is 0 Å². The van der Waals surface area contributed by atoms with Crippen molar-refractivity contribution in [2.45, 2.75) is 6.54 Å². The van der Waals surface area contributed by atoms with E-state index in [1.165, 1.54) is 7.11 Å². The van der Waals surface area contributed by atoms with Gasteiger partial charge in [0.15, 0.2) is 0 Å². The van der Waals surface area contributed by atoms with E-state index < -0.39 is 6.09 Å². The van der Waals surface area contributed by atoms with Gasteiger partial charge in [-0.2, -0.15) is 0 Å². The van der Waals surface area contributed by atoms with Crippen molar-refractivity contribution in [1.82, 2.24) is 10.9 Å². The van der Waals surface area contributed by atoms with Crippen molar-refractivity contribution in [2.75, 3.05) is 14.2 Å². The number of rotatable bonds is 4. The first kappa shape index (κ1) is 11.3. The summed E-state index contributed by atoms with van der Waals surface area (Å²) >= 11 is 0. The minimum absolute atomic E-state index is 0.511. The number of carbonyl (C=O) groups is 1. The summed E-state index contributed by atoms with van der Waals surface area (Å²) in [4.78, 5) is 10.7. The first-order chi connectivity index (χ1) is 7.26. The minimum Gasteiger partial charge on any atom is -0.497 e. The molecule has 2 N–H and O–H groups in total. The molecule has 1 rings (SSSR count). The van der Waals surface area contributed by atoms with Gasteiger partial charge in [-0.3, -0.25) is 5.43 Å². The third-order valence-electron chi connectivity index (χ3n) is 1.83. The Morgan fingerprint density at radius 2 is 1.93 bits per heavy atom. The van der Waals surface area contributed by atoms with Crippen molar-refractivity contribution >= 4 is 6.09 Å². The van der Waals surface area contributed by atoms with Crippen LogP contribution >= 0.6 is 0 Å². The Bertz CT molecular complexity index is 311. The Morgan fingerprint density at radius 1 is 1.27 bits per heavy atom. The van der Waals surface area contributed by atoms with E-state index in [2.05, 4.69) is 15.6 Å². The number of carbonyl (C=O) groups excluding carboxylic acids is 1. The lowest BCUT2D eigenvalue weighted by Crippen LogP contribution is -2.36. The van der Waals surface area contributed by atoms with E-state index in [-0.39, 0.29) is 0 Å². The largest absolute Gasteiger partial charge is 0.497 e. The number of amides is 1. The lowest BCUT2D eigenvalue weighted by Gasteiger charge is -2.06. The molecule has 0 radical (unpaired) electrons. The molecule has 0 aliphatic heterocycles. The van der Waals surface area contributed by atoms with E-state index in [1.807, 2.05) is 24.3 Å². The van der Waals surface area contributed by atoms with Crippen LogP contribution in [-0.4, -0.2) is 20.3 Å². The van der Waals surface area contributed by atoms with Gasteiger partial charge in [0.1, 0.15) is 5.75 Å². The fourth-order valence-electron chi connectivity index (χ4n) is 1.01. The summed E-state index contributed by atoms with van der Waals surface area (Å²) in [5, 5.41) is 0. The van der Waals surface area contributed by atoms with Crippen LogP contribution in [-0.2, 0) is 11.3 Å². The van der Waals surface area contributed by atoms with Crippen LogP contribution in [0, 0.1) is 0 Å². The zero-order chi connectivity index (χ0) is 11.1. The topological polar surface area (TPSA) is 59.6 Å². The molecule has 0 saturated carbocycles. The smallest absolute Gasteiger partial charge is 0.421 e. The quantitative estimate of drug-likeness (QED) is 0.729. The van der Waals surface area contributed by atoms with Crippen LogP contribution in [0.1, 0.15) is 5.56 Å². The van der Waals surface area contributed by atoms with E-state index in [1.54, 1.807) is 7.11 Å². The highest BCUT2D eigenvalue weighted by Crippen LogP contribution is 2.10. The normalized spacial score (nSPS) is 9.47. The molecule has 0 spiro atoms. The number of methoxy groups -OCH3 is 2. The highest BCUT2D eigenvalue weighted by molar-refractivity contribution is 5.66. The van der Waals surface area contributed by atoms with Gasteiger partial charge in [0.05, 0.1) is 14.2 Å². The van der Waals surface area contributed by atoms with E-state index in [0.29, 0.717) is 6.54 Å². The van der Waals surface area contributed by atoms with Gasteiger partial charge < -0.3 is 9.47 Å². The van der Waals surface area contributed by atoms with Crippen LogP contribution in [0.15, 0.2) is 24.3 Å². The Balaban J connectivity index is 2.34. The fourth-order valence-corrected chi connectivity index (χ4v) is 1.01. The van der Waals surface area contributed by atoms with Crippen LogP contribution in [0.5, 0.6) is 5.75 Å². The fraction of sp³-hybridized carbons (Fsp3) is 0.300. The first-order valence-corrected chi connectivity index (χ1v) is 4.46. The van der Waals surface area contributed by atoms with E-state index in [0.717, 1.165) is 11.3 Å². The molecule has 0 aromatic heterocycles. The summed E-state index contributed by atoms with van der Waals surface area (Å²) in [6.45, 7) is 0.527. The molecular weight excluding hydrogens is 196 g/mol. The molecule has 5 nitrogen and oxygen atoms in total. The average Bonchev–Trinajstić information content (AvgIpc) is 2.29. The van der Waals surface area contributed by atoms with Crippen molar-refractivity contribution in [1.29, 1.82) is 0 Å². The number of ether oxygens (including phenoxy) is 2. The molecule has 82 valence electrons. The standard InChI is InChI=1S/C10H14N2O3/c1-14-9-5-3-8(4-6-9)7-11-12-10(13)15-2/h3-6,11H,7H2,1-2H3,(H,12,13). The minimum atomic E-state index is -0.511. The molecule has 1 amide bonds. The van der Waals surface area contributed by atoms with Crippen LogP contribution < -0.4 is 15.6 Å². The second-order valence-electron chi connectivity index (χ2n) is 2.82. The number of benzene rings is 1. The second kappa shape index (κ2) is 5.87. The number of hydrogen-bond donors (Lipinski definition) is 2. The zero-order valence-electron chi connectivity index (χ0n) is 8.74. The van der Waals surface area contributed by atoms with E-state index in [4.69, 9.17) is 4.74 Å². The third-order valence-corrected chi connectivity index (χ3v) is 1.83. The van der Waals surface area contributed by atoms with Gasteiger partial charge in [-0.05, 0) is 17.7 Å². The maximum atomic E-state index is 10.7. The summed E-state index contributed by atoms with van der Waals surface area (Å²) in [6, 6.07) is 7.53. The summed E-state index contributed by atoms with van der Waals surface area (Å²) in [6.07, 6.45) is -0.511. The molecule has 5 heteroatoms. The van der Waals surface area contributed by atoms with Gasteiger partial charge in [-0.15, -0.1) is 0 Å². The van der Waals surface area contributed by atoms with E-state index >= 15 is 0 Å². The van der Waals surface area contributed by atoms with Crippen molar-refractivity contribution < 1.29 is 14.3 Å². The molecule has 0 bridgehead atoms. The van der Waals surface area contributed by atoms with Crippen molar-refractivity contribution in [3.8, 4) is 5.75 Å². The first-order valence-electron chi connectivity index (χ1n) is 4.46. The highest BCUT2D eigenvalue weighted by atomic mass is 16.5. The van der Waals surface area contributed by atoms with E-state index in [9.17, 15) is 4.79 Å². The molecule has 0 heterocycles. The molecule has 0 aliphatic carbocycles. The third kappa shape index (κ3) is 3.86. The lowest BCUT2D eigenvalue weighted by atomic mass is 10.2.